The van der Waals surface area contributed by atoms with Crippen LogP contribution in [0.2, 0.25) is 5.02 Å². The first-order chi connectivity index (χ1) is 11.2. The Kier molecular flexibility index (Phi) is 5.28. The summed E-state index contributed by atoms with van der Waals surface area (Å²) in [5, 5.41) is 4.81. The van der Waals surface area contributed by atoms with E-state index in [4.69, 9.17) is 11.6 Å². The van der Waals surface area contributed by atoms with E-state index in [1.165, 1.54) is 11.9 Å². The van der Waals surface area contributed by atoms with Crippen molar-refractivity contribution < 1.29 is 4.79 Å². The van der Waals surface area contributed by atoms with Crippen LogP contribution in [0, 0.1) is 5.92 Å². The van der Waals surface area contributed by atoms with Crippen LogP contribution < -0.4 is 0 Å². The lowest BCUT2D eigenvalue weighted by Crippen LogP contribution is -2.28. The van der Waals surface area contributed by atoms with Crippen LogP contribution in [0.5, 0.6) is 0 Å². The van der Waals surface area contributed by atoms with Crippen LogP contribution in [0.15, 0.2) is 36.9 Å². The number of hydrogen-bond donors (Lipinski definition) is 0. The Hall–Kier alpha value is -1.88. The number of carbonyl (C=O) groups is 1. The molecule has 122 valence electrons. The molecule has 23 heavy (non-hydrogen) atoms. The highest BCUT2D eigenvalue weighted by atomic mass is 35.5. The van der Waals surface area contributed by atoms with E-state index in [1.54, 1.807) is 11.0 Å². The van der Waals surface area contributed by atoms with Crippen molar-refractivity contribution in [2.45, 2.75) is 32.2 Å². The third kappa shape index (κ3) is 4.55. The third-order valence-corrected chi connectivity index (χ3v) is 4.57. The lowest BCUT2D eigenvalue weighted by Gasteiger charge is -2.16. The van der Waals surface area contributed by atoms with Crippen LogP contribution in [0.3, 0.4) is 0 Å². The van der Waals surface area contributed by atoms with Crippen molar-refractivity contribution in [2.75, 3.05) is 13.1 Å². The molecule has 1 saturated heterocycles. The minimum atomic E-state index is 0.253. The van der Waals surface area contributed by atoms with Gasteiger partial charge in [0.25, 0.3) is 0 Å². The topological polar surface area (TPSA) is 51.0 Å². The highest BCUT2D eigenvalue weighted by molar-refractivity contribution is 6.30. The molecule has 0 aliphatic carbocycles. The predicted molar refractivity (Wildman–Crippen MR) is 89.1 cm³/mol. The minimum Gasteiger partial charge on any atom is -0.342 e. The van der Waals surface area contributed by atoms with E-state index in [1.807, 2.05) is 17.0 Å². The van der Waals surface area contributed by atoms with Crippen LogP contribution in [0.4, 0.5) is 0 Å². The first-order valence-corrected chi connectivity index (χ1v) is 8.43. The van der Waals surface area contributed by atoms with Crippen LogP contribution in [0.25, 0.3) is 0 Å². The number of aryl methyl sites for hydroxylation is 1. The maximum absolute atomic E-state index is 12.3. The normalized spacial score (nSPS) is 17.6. The SMILES string of the molecule is O=C(CCCn1cncn1)N1CCC(Cc2ccc(Cl)cc2)C1. The van der Waals surface area contributed by atoms with Crippen molar-refractivity contribution in [3.63, 3.8) is 0 Å². The predicted octanol–water partition coefficient (Wildman–Crippen LogP) is 2.80. The Morgan fingerprint density at radius 2 is 2.13 bits per heavy atom. The maximum atomic E-state index is 12.3. The van der Waals surface area contributed by atoms with Crippen molar-refractivity contribution in [3.05, 3.63) is 47.5 Å². The molecule has 2 heterocycles. The Morgan fingerprint density at radius 1 is 1.30 bits per heavy atom. The number of carbonyl (C=O) groups excluding carboxylic acids is 1. The number of rotatable bonds is 6. The number of aromatic nitrogens is 3. The molecule has 0 bridgehead atoms. The zero-order valence-corrected chi connectivity index (χ0v) is 13.8. The second-order valence-corrected chi connectivity index (χ2v) is 6.52. The number of amides is 1. The standard InChI is InChI=1S/C17H21ClN4O/c18-16-5-3-14(4-6-16)10-15-7-9-21(11-15)17(23)2-1-8-22-13-19-12-20-22/h3-6,12-13,15H,1-2,7-11H2. The molecular formula is C17H21ClN4O. The second-order valence-electron chi connectivity index (χ2n) is 6.09. The van der Waals surface area contributed by atoms with Gasteiger partial charge in [0.1, 0.15) is 12.7 Å². The summed E-state index contributed by atoms with van der Waals surface area (Å²) >= 11 is 5.92. The van der Waals surface area contributed by atoms with Crippen LogP contribution in [-0.4, -0.2) is 38.7 Å². The molecule has 1 fully saturated rings. The van der Waals surface area contributed by atoms with Crippen molar-refractivity contribution in [1.82, 2.24) is 19.7 Å². The molecular weight excluding hydrogens is 312 g/mol. The average molecular weight is 333 g/mol. The molecule has 1 amide bonds. The van der Waals surface area contributed by atoms with Gasteiger partial charge in [-0.3, -0.25) is 9.48 Å². The summed E-state index contributed by atoms with van der Waals surface area (Å²) in [6, 6.07) is 8.01. The zero-order valence-electron chi connectivity index (χ0n) is 13.1. The molecule has 0 spiro atoms. The van der Waals surface area contributed by atoms with Crippen molar-refractivity contribution in [2.24, 2.45) is 5.92 Å². The molecule has 1 aliphatic rings. The van der Waals surface area contributed by atoms with Gasteiger partial charge in [-0.25, -0.2) is 4.98 Å². The zero-order chi connectivity index (χ0) is 16.1. The summed E-state index contributed by atoms with van der Waals surface area (Å²) in [7, 11) is 0. The molecule has 6 heteroatoms. The number of nitrogens with zero attached hydrogens (tertiary/aromatic N) is 4. The van der Waals surface area contributed by atoms with Gasteiger partial charge in [-0.2, -0.15) is 5.10 Å². The van der Waals surface area contributed by atoms with E-state index in [2.05, 4.69) is 22.2 Å². The summed E-state index contributed by atoms with van der Waals surface area (Å²) in [5.41, 5.74) is 1.29. The van der Waals surface area contributed by atoms with Gasteiger partial charge in [0, 0.05) is 31.1 Å². The maximum Gasteiger partial charge on any atom is 0.222 e. The van der Waals surface area contributed by atoms with Gasteiger partial charge in [-0.1, -0.05) is 23.7 Å². The van der Waals surface area contributed by atoms with Gasteiger partial charge in [-0.15, -0.1) is 0 Å². The fourth-order valence-electron chi connectivity index (χ4n) is 3.08. The first-order valence-electron chi connectivity index (χ1n) is 8.05. The molecule has 1 aliphatic heterocycles. The van der Waals surface area contributed by atoms with Gasteiger partial charge in [0.05, 0.1) is 0 Å². The average Bonchev–Trinajstić information content (AvgIpc) is 3.21. The van der Waals surface area contributed by atoms with E-state index in [-0.39, 0.29) is 5.91 Å². The van der Waals surface area contributed by atoms with E-state index in [0.717, 1.165) is 43.9 Å². The van der Waals surface area contributed by atoms with Crippen LogP contribution in [-0.2, 0) is 17.8 Å². The van der Waals surface area contributed by atoms with E-state index >= 15 is 0 Å². The molecule has 0 N–H and O–H groups in total. The molecule has 0 radical (unpaired) electrons. The van der Waals surface area contributed by atoms with Crippen LogP contribution >= 0.6 is 11.6 Å². The summed E-state index contributed by atoms with van der Waals surface area (Å²) in [6.45, 7) is 2.49. The van der Waals surface area contributed by atoms with Gasteiger partial charge in [0.15, 0.2) is 0 Å². The largest absolute Gasteiger partial charge is 0.342 e. The second kappa shape index (κ2) is 7.59. The van der Waals surface area contributed by atoms with Crippen LogP contribution in [0.1, 0.15) is 24.8 Å². The monoisotopic (exact) mass is 332 g/mol. The Labute approximate surface area is 141 Å². The lowest BCUT2D eigenvalue weighted by molar-refractivity contribution is -0.130. The van der Waals surface area contributed by atoms with E-state index in [0.29, 0.717) is 12.3 Å². The smallest absolute Gasteiger partial charge is 0.222 e. The molecule has 3 rings (SSSR count). The summed E-state index contributed by atoms with van der Waals surface area (Å²) in [6.07, 6.45) is 6.68. The van der Waals surface area contributed by atoms with Gasteiger partial charge < -0.3 is 4.90 Å². The summed E-state index contributed by atoms with van der Waals surface area (Å²) in [4.78, 5) is 18.2. The van der Waals surface area contributed by atoms with E-state index in [9.17, 15) is 4.79 Å². The van der Waals surface area contributed by atoms with Crippen molar-refractivity contribution in [3.8, 4) is 0 Å². The van der Waals surface area contributed by atoms with Gasteiger partial charge >= 0.3 is 0 Å². The van der Waals surface area contributed by atoms with Crippen molar-refractivity contribution in [1.29, 1.82) is 0 Å². The highest BCUT2D eigenvalue weighted by Crippen LogP contribution is 2.22. The molecule has 1 unspecified atom stereocenters. The quantitative estimate of drug-likeness (QED) is 0.817. The Bertz CT molecular complexity index is 627. The fourth-order valence-corrected chi connectivity index (χ4v) is 3.20. The fraction of sp³-hybridized carbons (Fsp3) is 0.471. The first kappa shape index (κ1) is 16.0. The van der Waals surface area contributed by atoms with Gasteiger partial charge in [-0.05, 0) is 42.9 Å². The number of benzene rings is 1. The number of hydrogen-bond acceptors (Lipinski definition) is 3. The Balaban J connectivity index is 1.41. The molecule has 1 aromatic carbocycles. The molecule has 1 atom stereocenters. The Morgan fingerprint density at radius 3 is 2.87 bits per heavy atom. The van der Waals surface area contributed by atoms with Gasteiger partial charge in [0.2, 0.25) is 5.91 Å². The lowest BCUT2D eigenvalue weighted by atomic mass is 9.99. The molecule has 5 nitrogen and oxygen atoms in total. The minimum absolute atomic E-state index is 0.253. The number of likely N-dealkylation sites (tertiary alicyclic amines) is 1. The third-order valence-electron chi connectivity index (χ3n) is 4.32. The highest BCUT2D eigenvalue weighted by Gasteiger charge is 2.25. The molecule has 0 saturated carbocycles. The summed E-state index contributed by atoms with van der Waals surface area (Å²) in [5.74, 6) is 0.805. The molecule has 2 aromatic rings. The summed E-state index contributed by atoms with van der Waals surface area (Å²) < 4.78 is 1.76. The van der Waals surface area contributed by atoms with Crippen molar-refractivity contribution >= 4 is 17.5 Å². The number of halogens is 1. The molecule has 1 aromatic heterocycles. The van der Waals surface area contributed by atoms with E-state index < -0.39 is 0 Å².